The molecule has 2 N–H and O–H groups in total. The van der Waals surface area contributed by atoms with Crippen LogP contribution in [0.5, 0.6) is 5.75 Å². The first-order valence-electron chi connectivity index (χ1n) is 7.63. The molecule has 0 fully saturated rings. The molecule has 0 aliphatic carbocycles. The fourth-order valence-corrected chi connectivity index (χ4v) is 2.52. The van der Waals surface area contributed by atoms with E-state index < -0.39 is 6.10 Å². The van der Waals surface area contributed by atoms with Gasteiger partial charge >= 0.3 is 0 Å². The monoisotopic (exact) mass is 322 g/mol. The number of amides is 1. The molecule has 1 heterocycles. The third-order valence-corrected chi connectivity index (χ3v) is 3.85. The molecule has 1 aromatic heterocycles. The molecule has 24 heavy (non-hydrogen) atoms. The maximum absolute atomic E-state index is 12.4. The number of fused-ring (bicyclic) bond motifs is 1. The van der Waals surface area contributed by atoms with Crippen LogP contribution >= 0.6 is 0 Å². The molecule has 0 spiro atoms. The van der Waals surface area contributed by atoms with Crippen LogP contribution in [0.2, 0.25) is 0 Å². The molecule has 122 valence electrons. The second-order valence-electron chi connectivity index (χ2n) is 5.37. The van der Waals surface area contributed by atoms with Crippen molar-refractivity contribution in [2.45, 2.75) is 6.10 Å². The molecule has 1 amide bonds. The first-order chi connectivity index (χ1) is 11.7. The average molecular weight is 322 g/mol. The molecule has 3 aromatic rings. The summed E-state index contributed by atoms with van der Waals surface area (Å²) < 4.78 is 5.09. The Kier molecular flexibility index (Phi) is 4.72. The highest BCUT2D eigenvalue weighted by Gasteiger charge is 2.13. The Bertz CT molecular complexity index is 841. The van der Waals surface area contributed by atoms with Gasteiger partial charge in [-0.05, 0) is 29.8 Å². The number of ether oxygens (including phenoxy) is 1. The van der Waals surface area contributed by atoms with E-state index in [1.54, 1.807) is 43.6 Å². The summed E-state index contributed by atoms with van der Waals surface area (Å²) in [7, 11) is 1.59. The summed E-state index contributed by atoms with van der Waals surface area (Å²) in [6.45, 7) is 0.127. The highest BCUT2D eigenvalue weighted by atomic mass is 16.5. The summed E-state index contributed by atoms with van der Waals surface area (Å²) in [5, 5.41) is 13.8. The number of pyridine rings is 1. The van der Waals surface area contributed by atoms with Crippen LogP contribution in [0.4, 0.5) is 0 Å². The smallest absolute Gasteiger partial charge is 0.252 e. The molecule has 2 aromatic carbocycles. The van der Waals surface area contributed by atoms with Crippen molar-refractivity contribution in [3.8, 4) is 5.75 Å². The number of aliphatic hydroxyl groups is 1. The van der Waals surface area contributed by atoms with Crippen LogP contribution in [0.15, 0.2) is 60.8 Å². The minimum Gasteiger partial charge on any atom is -0.497 e. The summed E-state index contributed by atoms with van der Waals surface area (Å²) in [4.78, 5) is 16.7. The van der Waals surface area contributed by atoms with E-state index in [2.05, 4.69) is 10.3 Å². The summed E-state index contributed by atoms with van der Waals surface area (Å²) in [5.41, 5.74) is 2.03. The van der Waals surface area contributed by atoms with Crippen LogP contribution in [-0.4, -0.2) is 29.7 Å². The number of nitrogens with zero attached hydrogens (tertiary/aromatic N) is 1. The van der Waals surface area contributed by atoms with Gasteiger partial charge in [-0.3, -0.25) is 9.78 Å². The van der Waals surface area contributed by atoms with E-state index in [0.29, 0.717) is 5.56 Å². The second kappa shape index (κ2) is 7.10. The highest BCUT2D eigenvalue weighted by Crippen LogP contribution is 2.18. The second-order valence-corrected chi connectivity index (χ2v) is 5.37. The minimum absolute atomic E-state index is 0.127. The van der Waals surface area contributed by atoms with Crippen molar-refractivity contribution in [3.05, 3.63) is 71.9 Å². The van der Waals surface area contributed by atoms with Crippen molar-refractivity contribution in [3.63, 3.8) is 0 Å². The van der Waals surface area contributed by atoms with Crippen molar-refractivity contribution in [1.29, 1.82) is 0 Å². The number of para-hydroxylation sites is 1. The van der Waals surface area contributed by atoms with Gasteiger partial charge in [-0.2, -0.15) is 0 Å². The van der Waals surface area contributed by atoms with E-state index in [4.69, 9.17) is 4.74 Å². The first-order valence-corrected chi connectivity index (χ1v) is 7.63. The lowest BCUT2D eigenvalue weighted by Gasteiger charge is -2.13. The van der Waals surface area contributed by atoms with Crippen molar-refractivity contribution in [2.75, 3.05) is 13.7 Å². The number of carbonyl (C=O) groups is 1. The van der Waals surface area contributed by atoms with E-state index in [0.717, 1.165) is 22.2 Å². The molecule has 0 aliphatic heterocycles. The van der Waals surface area contributed by atoms with Gasteiger partial charge in [-0.1, -0.05) is 30.3 Å². The maximum atomic E-state index is 12.4. The lowest BCUT2D eigenvalue weighted by molar-refractivity contribution is 0.0918. The molecule has 1 unspecified atom stereocenters. The molecule has 5 nitrogen and oxygen atoms in total. The summed E-state index contributed by atoms with van der Waals surface area (Å²) >= 11 is 0. The molecule has 0 saturated heterocycles. The number of aromatic nitrogens is 1. The van der Waals surface area contributed by atoms with Gasteiger partial charge in [-0.25, -0.2) is 0 Å². The van der Waals surface area contributed by atoms with E-state index in [9.17, 15) is 9.90 Å². The van der Waals surface area contributed by atoms with Crippen LogP contribution in [0, 0.1) is 0 Å². The van der Waals surface area contributed by atoms with Gasteiger partial charge in [0.1, 0.15) is 5.75 Å². The van der Waals surface area contributed by atoms with Gasteiger partial charge in [-0.15, -0.1) is 0 Å². The molecular weight excluding hydrogens is 304 g/mol. The Hall–Kier alpha value is -2.92. The van der Waals surface area contributed by atoms with Gasteiger partial charge in [0.25, 0.3) is 5.91 Å². The van der Waals surface area contributed by atoms with Crippen molar-refractivity contribution in [2.24, 2.45) is 0 Å². The molecule has 3 rings (SSSR count). The van der Waals surface area contributed by atoms with Gasteiger partial charge in [0.15, 0.2) is 0 Å². The number of rotatable bonds is 5. The van der Waals surface area contributed by atoms with Crippen LogP contribution in [0.3, 0.4) is 0 Å². The number of hydrogen-bond acceptors (Lipinski definition) is 4. The normalized spacial score (nSPS) is 11.9. The van der Waals surface area contributed by atoms with E-state index in [-0.39, 0.29) is 12.5 Å². The Morgan fingerprint density at radius 3 is 2.67 bits per heavy atom. The molecule has 0 aliphatic rings. The Morgan fingerprint density at radius 2 is 1.92 bits per heavy atom. The Balaban J connectivity index is 1.70. The largest absolute Gasteiger partial charge is 0.497 e. The quantitative estimate of drug-likeness (QED) is 0.757. The number of nitrogens with one attached hydrogen (secondary N) is 1. The Morgan fingerprint density at radius 1 is 1.17 bits per heavy atom. The zero-order valence-electron chi connectivity index (χ0n) is 13.3. The first kappa shape index (κ1) is 16.0. The van der Waals surface area contributed by atoms with E-state index >= 15 is 0 Å². The van der Waals surface area contributed by atoms with Gasteiger partial charge in [0, 0.05) is 18.1 Å². The van der Waals surface area contributed by atoms with Crippen LogP contribution in [-0.2, 0) is 0 Å². The van der Waals surface area contributed by atoms with Crippen LogP contribution in [0.25, 0.3) is 10.9 Å². The molecule has 0 bridgehead atoms. The fraction of sp³-hybridized carbons (Fsp3) is 0.158. The predicted molar refractivity (Wildman–Crippen MR) is 92.0 cm³/mol. The van der Waals surface area contributed by atoms with Gasteiger partial charge < -0.3 is 15.2 Å². The topological polar surface area (TPSA) is 71.5 Å². The molecule has 0 radical (unpaired) electrons. The summed E-state index contributed by atoms with van der Waals surface area (Å²) in [6.07, 6.45) is 0.824. The predicted octanol–water partition coefficient (Wildman–Crippen LogP) is 2.71. The van der Waals surface area contributed by atoms with Crippen molar-refractivity contribution in [1.82, 2.24) is 10.3 Å². The van der Waals surface area contributed by atoms with Gasteiger partial charge in [0.2, 0.25) is 0 Å². The van der Waals surface area contributed by atoms with E-state index in [1.807, 2.05) is 24.3 Å². The standard InChI is InChI=1S/C19H18N2O3/c1-24-14-8-6-13(7-9-14)18(22)12-21-19(23)16-10-11-20-17-5-3-2-4-15(16)17/h2-11,18,22H,12H2,1H3,(H,21,23). The number of carbonyl (C=O) groups excluding carboxylic acids is 1. The number of hydrogen-bond donors (Lipinski definition) is 2. The van der Waals surface area contributed by atoms with Crippen molar-refractivity contribution < 1.29 is 14.6 Å². The number of benzene rings is 2. The summed E-state index contributed by atoms with van der Waals surface area (Å²) in [5.74, 6) is 0.486. The zero-order chi connectivity index (χ0) is 16.9. The number of aliphatic hydroxyl groups excluding tert-OH is 1. The minimum atomic E-state index is -0.784. The molecule has 1 atom stereocenters. The molecule has 5 heteroatoms. The molecular formula is C19H18N2O3. The number of methoxy groups -OCH3 is 1. The summed E-state index contributed by atoms with van der Waals surface area (Å²) in [6, 6.07) is 16.2. The van der Waals surface area contributed by atoms with Crippen molar-refractivity contribution >= 4 is 16.8 Å². The highest BCUT2D eigenvalue weighted by molar-refractivity contribution is 6.05. The fourth-order valence-electron chi connectivity index (χ4n) is 2.52. The third-order valence-electron chi connectivity index (χ3n) is 3.85. The van der Waals surface area contributed by atoms with E-state index in [1.165, 1.54) is 0 Å². The third kappa shape index (κ3) is 3.36. The SMILES string of the molecule is COc1ccc(C(O)CNC(=O)c2ccnc3ccccc23)cc1. The van der Waals surface area contributed by atoms with Crippen LogP contribution in [0.1, 0.15) is 22.0 Å². The zero-order valence-corrected chi connectivity index (χ0v) is 13.3. The lowest BCUT2D eigenvalue weighted by Crippen LogP contribution is -2.28. The average Bonchev–Trinajstić information content (AvgIpc) is 2.65. The Labute approximate surface area is 139 Å². The van der Waals surface area contributed by atoms with Gasteiger partial charge in [0.05, 0.1) is 24.3 Å². The molecule has 0 saturated carbocycles. The van der Waals surface area contributed by atoms with Crippen LogP contribution < -0.4 is 10.1 Å². The maximum Gasteiger partial charge on any atom is 0.252 e. The lowest BCUT2D eigenvalue weighted by atomic mass is 10.1.